The molecule has 5 nitrogen and oxygen atoms in total. The van der Waals surface area contributed by atoms with Gasteiger partial charge >= 0.3 is 5.97 Å². The molecule has 0 bridgehead atoms. The molecule has 1 N–H and O–H groups in total. The number of carboxylic acid groups (broad SMARTS) is 1. The summed E-state index contributed by atoms with van der Waals surface area (Å²) in [5, 5.41) is 10.3. The van der Waals surface area contributed by atoms with E-state index in [-0.39, 0.29) is 19.4 Å². The first-order valence-electron chi connectivity index (χ1n) is 12.8. The zero-order valence-corrected chi connectivity index (χ0v) is 21.9. The molecule has 1 fully saturated rings. The van der Waals surface area contributed by atoms with E-state index < -0.39 is 40.6 Å². The average Bonchev–Trinajstić information content (AvgIpc) is 2.89. The Balaban J connectivity index is 1.44. The van der Waals surface area contributed by atoms with E-state index in [1.54, 1.807) is 31.5 Å². The smallest absolute Gasteiger partial charge is 0.303 e. The van der Waals surface area contributed by atoms with Crippen molar-refractivity contribution in [1.29, 1.82) is 0 Å². The van der Waals surface area contributed by atoms with Crippen LogP contribution >= 0.6 is 0 Å². The molecule has 1 aliphatic heterocycles. The molecule has 0 amide bonds. The predicted octanol–water partition coefficient (Wildman–Crippen LogP) is 6.37. The van der Waals surface area contributed by atoms with Crippen molar-refractivity contribution in [2.75, 3.05) is 26.7 Å². The van der Waals surface area contributed by atoms with E-state index >= 15 is 4.39 Å². The number of fused-ring (bicyclic) bond motifs is 1. The van der Waals surface area contributed by atoms with Crippen LogP contribution in [-0.2, 0) is 4.79 Å². The minimum Gasteiger partial charge on any atom is -0.497 e. The first kappa shape index (κ1) is 28.4. The zero-order chi connectivity index (χ0) is 28.2. The summed E-state index contributed by atoms with van der Waals surface area (Å²) in [6, 6.07) is 6.49. The van der Waals surface area contributed by atoms with E-state index in [0.29, 0.717) is 66.7 Å². The number of rotatable bonds is 8. The standard InChI is InChI=1S/C30H30F4N2O3/c1-19-18-35-27-6-5-21(39-2)16-23(27)29(19)24(32)7-8-30(17-28(37)38)9-12-36(13-10-30)11-3-4-22-25(33)14-20(31)15-26(22)34/h5-6,14-16,18,24H,7-13,17H2,1-2H3,(H,37,38). The number of aryl methyl sites for hydroxylation is 1. The van der Waals surface area contributed by atoms with Gasteiger partial charge in [-0.05, 0) is 80.4 Å². The number of hydrogen-bond acceptors (Lipinski definition) is 4. The number of carbonyl (C=O) groups is 1. The molecule has 0 radical (unpaired) electrons. The molecule has 4 rings (SSSR count). The fourth-order valence-corrected chi connectivity index (χ4v) is 5.33. The number of carboxylic acids is 1. The second-order valence-corrected chi connectivity index (χ2v) is 10.1. The van der Waals surface area contributed by atoms with E-state index in [1.807, 2.05) is 11.8 Å². The molecule has 1 aromatic heterocycles. The second kappa shape index (κ2) is 12.0. The van der Waals surface area contributed by atoms with Crippen molar-refractivity contribution in [3.05, 3.63) is 70.7 Å². The van der Waals surface area contributed by atoms with Crippen molar-refractivity contribution < 1.29 is 32.2 Å². The number of aliphatic carboxylic acids is 1. The summed E-state index contributed by atoms with van der Waals surface area (Å²) >= 11 is 0. The molecule has 0 aliphatic carbocycles. The average molecular weight is 543 g/mol. The summed E-state index contributed by atoms with van der Waals surface area (Å²) in [5.74, 6) is 1.69. The van der Waals surface area contributed by atoms with Gasteiger partial charge in [0.15, 0.2) is 0 Å². The maximum Gasteiger partial charge on any atom is 0.303 e. The summed E-state index contributed by atoms with van der Waals surface area (Å²) in [5.41, 5.74) is 0.854. The second-order valence-electron chi connectivity index (χ2n) is 10.1. The SMILES string of the molecule is COc1ccc2ncc(C)c(C(F)CCC3(CC(=O)O)CCN(CC#Cc4c(F)cc(F)cc4F)CC3)c2c1. The third-order valence-corrected chi connectivity index (χ3v) is 7.52. The molecule has 3 aromatic rings. The summed E-state index contributed by atoms with van der Waals surface area (Å²) < 4.78 is 61.9. The number of ether oxygens (including phenoxy) is 1. The number of likely N-dealkylation sites (tertiary alicyclic amines) is 1. The number of nitrogens with zero attached hydrogens (tertiary/aromatic N) is 2. The van der Waals surface area contributed by atoms with Gasteiger partial charge in [-0.3, -0.25) is 14.7 Å². The Hall–Kier alpha value is -3.64. The van der Waals surface area contributed by atoms with Crippen LogP contribution in [0.2, 0.25) is 0 Å². The first-order chi connectivity index (χ1) is 18.6. The maximum atomic E-state index is 15.8. The molecular weight excluding hydrogens is 512 g/mol. The Morgan fingerprint density at radius 3 is 2.51 bits per heavy atom. The number of piperidine rings is 1. The molecule has 2 aromatic carbocycles. The van der Waals surface area contributed by atoms with Crippen molar-refractivity contribution in [1.82, 2.24) is 9.88 Å². The van der Waals surface area contributed by atoms with Crippen molar-refractivity contribution in [2.45, 2.75) is 45.2 Å². The minimum absolute atomic E-state index is 0.0743. The van der Waals surface area contributed by atoms with Crippen molar-refractivity contribution in [2.24, 2.45) is 5.41 Å². The van der Waals surface area contributed by atoms with Gasteiger partial charge in [-0.15, -0.1) is 0 Å². The molecule has 1 aliphatic rings. The molecular formula is C30H30F4N2O3. The van der Waals surface area contributed by atoms with E-state index in [0.717, 1.165) is 5.56 Å². The third-order valence-electron chi connectivity index (χ3n) is 7.52. The van der Waals surface area contributed by atoms with Crippen LogP contribution in [0.1, 0.15) is 55.0 Å². The highest BCUT2D eigenvalue weighted by Crippen LogP contribution is 2.43. The number of pyridine rings is 1. The van der Waals surface area contributed by atoms with E-state index in [9.17, 15) is 23.1 Å². The summed E-state index contributed by atoms with van der Waals surface area (Å²) in [4.78, 5) is 18.1. The number of aromatic nitrogens is 1. The van der Waals surface area contributed by atoms with Crippen molar-refractivity contribution in [3.8, 4) is 17.6 Å². The number of halogens is 4. The molecule has 1 unspecified atom stereocenters. The molecule has 0 saturated carbocycles. The van der Waals surface area contributed by atoms with Gasteiger partial charge in [0.05, 0.1) is 31.2 Å². The van der Waals surface area contributed by atoms with E-state index in [4.69, 9.17) is 4.74 Å². The van der Waals surface area contributed by atoms with Gasteiger partial charge in [0.25, 0.3) is 0 Å². The van der Waals surface area contributed by atoms with Crippen LogP contribution in [0.25, 0.3) is 10.9 Å². The van der Waals surface area contributed by atoms with Gasteiger partial charge in [0.1, 0.15) is 29.4 Å². The van der Waals surface area contributed by atoms with Crippen LogP contribution in [0, 0.1) is 41.6 Å². The maximum absolute atomic E-state index is 15.8. The first-order valence-corrected chi connectivity index (χ1v) is 12.8. The Bertz CT molecular complexity index is 1400. The monoisotopic (exact) mass is 542 g/mol. The fourth-order valence-electron chi connectivity index (χ4n) is 5.33. The fraction of sp³-hybridized carbons (Fsp3) is 0.400. The van der Waals surface area contributed by atoms with Crippen LogP contribution < -0.4 is 4.74 Å². The van der Waals surface area contributed by atoms with Crippen molar-refractivity contribution in [3.63, 3.8) is 0 Å². The predicted molar refractivity (Wildman–Crippen MR) is 140 cm³/mol. The highest BCUT2D eigenvalue weighted by molar-refractivity contribution is 5.85. The van der Waals surface area contributed by atoms with Crippen LogP contribution in [0.15, 0.2) is 36.5 Å². The zero-order valence-electron chi connectivity index (χ0n) is 21.9. The van der Waals surface area contributed by atoms with Crippen LogP contribution in [-0.4, -0.2) is 47.7 Å². The largest absolute Gasteiger partial charge is 0.497 e. The van der Waals surface area contributed by atoms with Gasteiger partial charge in [-0.25, -0.2) is 17.6 Å². The minimum atomic E-state index is -1.31. The number of methoxy groups -OCH3 is 1. The summed E-state index contributed by atoms with van der Waals surface area (Å²) in [6.07, 6.45) is 1.86. The lowest BCUT2D eigenvalue weighted by Crippen LogP contribution is -2.41. The highest BCUT2D eigenvalue weighted by atomic mass is 19.1. The molecule has 2 heterocycles. The lowest BCUT2D eigenvalue weighted by atomic mass is 9.71. The van der Waals surface area contributed by atoms with Gasteiger partial charge < -0.3 is 9.84 Å². The van der Waals surface area contributed by atoms with E-state index in [1.165, 1.54) is 0 Å². The Morgan fingerprint density at radius 1 is 1.18 bits per heavy atom. The molecule has 206 valence electrons. The lowest BCUT2D eigenvalue weighted by Gasteiger charge is -2.41. The summed E-state index contributed by atoms with van der Waals surface area (Å²) in [7, 11) is 1.55. The van der Waals surface area contributed by atoms with Crippen LogP contribution in [0.4, 0.5) is 17.6 Å². The molecule has 1 atom stereocenters. The van der Waals surface area contributed by atoms with Crippen molar-refractivity contribution >= 4 is 16.9 Å². The molecule has 0 spiro atoms. The number of hydrogen-bond donors (Lipinski definition) is 1. The van der Waals surface area contributed by atoms with Crippen LogP contribution in [0.5, 0.6) is 5.75 Å². The molecule has 39 heavy (non-hydrogen) atoms. The normalized spacial score (nSPS) is 15.9. The Morgan fingerprint density at radius 2 is 1.87 bits per heavy atom. The highest BCUT2D eigenvalue weighted by Gasteiger charge is 2.37. The van der Waals surface area contributed by atoms with Gasteiger partial charge in [0.2, 0.25) is 0 Å². The van der Waals surface area contributed by atoms with E-state index in [2.05, 4.69) is 16.8 Å². The molecule has 9 heteroatoms. The Kier molecular flexibility index (Phi) is 8.76. The number of benzene rings is 2. The van der Waals surface area contributed by atoms with Gasteiger partial charge in [0, 0.05) is 23.7 Å². The lowest BCUT2D eigenvalue weighted by molar-refractivity contribution is -0.141. The quantitative estimate of drug-likeness (QED) is 0.265. The van der Waals surface area contributed by atoms with Gasteiger partial charge in [-0.2, -0.15) is 0 Å². The Labute approximate surface area is 224 Å². The van der Waals surface area contributed by atoms with Gasteiger partial charge in [-0.1, -0.05) is 11.8 Å². The molecule has 1 saturated heterocycles. The topological polar surface area (TPSA) is 62.7 Å². The number of alkyl halides is 1. The summed E-state index contributed by atoms with van der Waals surface area (Å²) in [6.45, 7) is 3.06. The third kappa shape index (κ3) is 6.69. The van der Waals surface area contributed by atoms with Crippen LogP contribution in [0.3, 0.4) is 0 Å².